The van der Waals surface area contributed by atoms with Gasteiger partial charge in [-0.05, 0) is 31.0 Å². The molecule has 128 valence electrons. The summed E-state index contributed by atoms with van der Waals surface area (Å²) >= 11 is 0. The fraction of sp³-hybridized carbons (Fsp3) is 0.375. The second-order valence-electron chi connectivity index (χ2n) is 6.04. The molecule has 0 aliphatic carbocycles. The molecule has 0 radical (unpaired) electrons. The standard InChI is InChI=1S/C16H19FN4O3/c1-20(17)13-4-10-12(19-7-11(15(10)22)16(23)24)5-14(13)21-3-2-9(6-18)8-21/h4-5,7,9H,2-3,6,8,18H2,1H3,(H,19,22)(H,23,24). The van der Waals surface area contributed by atoms with Gasteiger partial charge in [0.15, 0.2) is 0 Å². The average Bonchev–Trinajstić information content (AvgIpc) is 3.02. The Morgan fingerprint density at radius 1 is 1.54 bits per heavy atom. The number of hydrogen-bond donors (Lipinski definition) is 3. The molecule has 0 bridgehead atoms. The van der Waals surface area contributed by atoms with Crippen molar-refractivity contribution in [3.8, 4) is 0 Å². The minimum absolute atomic E-state index is 0.146. The predicted octanol–water partition coefficient (Wildman–Crippen LogP) is 1.33. The zero-order chi connectivity index (χ0) is 17.4. The van der Waals surface area contributed by atoms with Gasteiger partial charge in [-0.1, -0.05) is 0 Å². The van der Waals surface area contributed by atoms with E-state index in [-0.39, 0.29) is 16.6 Å². The topological polar surface area (TPSA) is 103 Å². The smallest absolute Gasteiger partial charge is 0.341 e. The second-order valence-corrected chi connectivity index (χ2v) is 6.04. The lowest BCUT2D eigenvalue weighted by atomic mass is 10.1. The predicted molar refractivity (Wildman–Crippen MR) is 90.4 cm³/mol. The Kier molecular flexibility index (Phi) is 4.15. The van der Waals surface area contributed by atoms with E-state index in [9.17, 15) is 14.1 Å². The third-order valence-corrected chi connectivity index (χ3v) is 4.50. The Balaban J connectivity index is 2.17. The molecule has 8 heteroatoms. The molecule has 0 saturated carbocycles. The Labute approximate surface area is 137 Å². The first-order valence-corrected chi connectivity index (χ1v) is 7.69. The van der Waals surface area contributed by atoms with Crippen LogP contribution in [0.2, 0.25) is 0 Å². The number of nitrogens with one attached hydrogen (secondary N) is 1. The Morgan fingerprint density at radius 3 is 2.88 bits per heavy atom. The number of aromatic nitrogens is 1. The SMILES string of the molecule is CN(F)c1cc2c(=O)c(C(=O)O)c[nH]c2cc1N1CCC(CN)C1. The van der Waals surface area contributed by atoms with E-state index < -0.39 is 11.4 Å². The van der Waals surface area contributed by atoms with Crippen molar-refractivity contribution >= 4 is 28.2 Å². The van der Waals surface area contributed by atoms with E-state index in [0.717, 1.165) is 19.5 Å². The molecule has 1 saturated heterocycles. The van der Waals surface area contributed by atoms with Crippen LogP contribution < -0.4 is 21.2 Å². The molecule has 4 N–H and O–H groups in total. The molecule has 7 nitrogen and oxygen atoms in total. The maximum absolute atomic E-state index is 14.0. The van der Waals surface area contributed by atoms with Crippen LogP contribution in [0.5, 0.6) is 0 Å². The first-order chi connectivity index (χ1) is 11.4. The van der Waals surface area contributed by atoms with Crippen LogP contribution in [0.15, 0.2) is 23.1 Å². The third kappa shape index (κ3) is 2.69. The van der Waals surface area contributed by atoms with E-state index in [0.29, 0.717) is 28.8 Å². The van der Waals surface area contributed by atoms with Gasteiger partial charge in [0, 0.05) is 31.7 Å². The van der Waals surface area contributed by atoms with Crippen molar-refractivity contribution in [1.82, 2.24) is 4.98 Å². The number of rotatable bonds is 4. The van der Waals surface area contributed by atoms with Gasteiger partial charge < -0.3 is 20.7 Å². The number of nitrogens with zero attached hydrogens (tertiary/aromatic N) is 2. The Hall–Kier alpha value is -2.61. The normalized spacial score (nSPS) is 17.5. The fourth-order valence-electron chi connectivity index (χ4n) is 3.15. The number of hydrogen-bond acceptors (Lipinski definition) is 5. The number of benzene rings is 1. The molecule has 2 aromatic rings. The molecular formula is C16H19FN4O3. The molecule has 1 aliphatic heterocycles. The van der Waals surface area contributed by atoms with Crippen molar-refractivity contribution in [2.45, 2.75) is 6.42 Å². The molecule has 24 heavy (non-hydrogen) atoms. The van der Waals surface area contributed by atoms with Crippen molar-refractivity contribution < 1.29 is 14.4 Å². The lowest BCUT2D eigenvalue weighted by Crippen LogP contribution is -2.24. The van der Waals surface area contributed by atoms with E-state index in [1.165, 1.54) is 19.3 Å². The number of fused-ring (bicyclic) bond motifs is 1. The number of H-pyrrole nitrogens is 1. The van der Waals surface area contributed by atoms with Gasteiger partial charge in [0.2, 0.25) is 5.43 Å². The molecule has 1 fully saturated rings. The number of carbonyl (C=O) groups is 1. The van der Waals surface area contributed by atoms with Gasteiger partial charge in [-0.3, -0.25) is 4.79 Å². The van der Waals surface area contributed by atoms with Gasteiger partial charge in [-0.25, -0.2) is 9.92 Å². The Morgan fingerprint density at radius 2 is 2.29 bits per heavy atom. The van der Waals surface area contributed by atoms with Crippen LogP contribution in [0.25, 0.3) is 10.9 Å². The van der Waals surface area contributed by atoms with E-state index >= 15 is 0 Å². The maximum Gasteiger partial charge on any atom is 0.341 e. The average molecular weight is 334 g/mol. The third-order valence-electron chi connectivity index (χ3n) is 4.50. The quantitative estimate of drug-likeness (QED) is 0.729. The molecule has 1 aromatic heterocycles. The van der Waals surface area contributed by atoms with Gasteiger partial charge in [-0.2, -0.15) is 0 Å². The largest absolute Gasteiger partial charge is 0.477 e. The number of carboxylic acids is 1. The highest BCUT2D eigenvalue weighted by molar-refractivity contribution is 5.95. The maximum atomic E-state index is 14.0. The molecule has 1 aliphatic rings. The first kappa shape index (κ1) is 16.3. The monoisotopic (exact) mass is 334 g/mol. The molecule has 1 aromatic carbocycles. The van der Waals surface area contributed by atoms with Crippen molar-refractivity contribution in [2.75, 3.05) is 36.7 Å². The highest BCUT2D eigenvalue weighted by Crippen LogP contribution is 2.35. The van der Waals surface area contributed by atoms with Crippen LogP contribution in [0.4, 0.5) is 15.9 Å². The zero-order valence-electron chi connectivity index (χ0n) is 13.3. The summed E-state index contributed by atoms with van der Waals surface area (Å²) in [7, 11) is 1.25. The summed E-state index contributed by atoms with van der Waals surface area (Å²) in [6.07, 6.45) is 2.10. The molecular weight excluding hydrogens is 315 g/mol. The molecule has 0 amide bonds. The van der Waals surface area contributed by atoms with Gasteiger partial charge >= 0.3 is 5.97 Å². The van der Waals surface area contributed by atoms with Crippen molar-refractivity contribution in [3.05, 3.63) is 34.1 Å². The van der Waals surface area contributed by atoms with Crippen LogP contribution in [-0.4, -0.2) is 42.7 Å². The van der Waals surface area contributed by atoms with Crippen LogP contribution >= 0.6 is 0 Å². The first-order valence-electron chi connectivity index (χ1n) is 7.69. The number of anilines is 2. The summed E-state index contributed by atoms with van der Waals surface area (Å²) < 4.78 is 14.0. The van der Waals surface area contributed by atoms with Gasteiger partial charge in [0.1, 0.15) is 5.56 Å². The van der Waals surface area contributed by atoms with E-state index in [2.05, 4.69) is 4.98 Å². The van der Waals surface area contributed by atoms with Gasteiger partial charge in [-0.15, -0.1) is 4.48 Å². The van der Waals surface area contributed by atoms with Gasteiger partial charge in [0.25, 0.3) is 0 Å². The van der Waals surface area contributed by atoms with Crippen molar-refractivity contribution in [2.24, 2.45) is 11.7 Å². The van der Waals surface area contributed by atoms with Crippen molar-refractivity contribution in [3.63, 3.8) is 0 Å². The van der Waals surface area contributed by atoms with Gasteiger partial charge in [0.05, 0.1) is 16.9 Å². The summed E-state index contributed by atoms with van der Waals surface area (Å²) in [4.78, 5) is 28.3. The number of nitrogens with two attached hydrogens (primary N) is 1. The van der Waals surface area contributed by atoms with Crippen LogP contribution in [-0.2, 0) is 0 Å². The number of carboxylic acid groups (broad SMARTS) is 1. The number of pyridine rings is 1. The Bertz CT molecular complexity index is 849. The highest BCUT2D eigenvalue weighted by atomic mass is 19.2. The summed E-state index contributed by atoms with van der Waals surface area (Å²) in [5, 5.41) is 9.65. The lowest BCUT2D eigenvalue weighted by molar-refractivity contribution is 0.0695. The molecule has 2 heterocycles. The molecule has 1 unspecified atom stereocenters. The highest BCUT2D eigenvalue weighted by Gasteiger charge is 2.25. The summed E-state index contributed by atoms with van der Waals surface area (Å²) in [5.74, 6) is -0.963. The van der Waals surface area contributed by atoms with Crippen LogP contribution in [0.3, 0.4) is 0 Å². The lowest BCUT2D eigenvalue weighted by Gasteiger charge is -2.24. The fourth-order valence-corrected chi connectivity index (χ4v) is 3.15. The van der Waals surface area contributed by atoms with E-state index in [4.69, 9.17) is 10.8 Å². The number of halogens is 1. The summed E-state index contributed by atoms with van der Waals surface area (Å²) in [6, 6.07) is 3.08. The van der Waals surface area contributed by atoms with E-state index in [1.54, 1.807) is 6.07 Å². The van der Waals surface area contributed by atoms with Crippen molar-refractivity contribution in [1.29, 1.82) is 0 Å². The minimum Gasteiger partial charge on any atom is -0.477 e. The summed E-state index contributed by atoms with van der Waals surface area (Å²) in [6.45, 7) is 2.05. The minimum atomic E-state index is -1.32. The second kappa shape index (κ2) is 6.12. The summed E-state index contributed by atoms with van der Waals surface area (Å²) in [5.41, 5.74) is 6.07. The number of aromatic carboxylic acids is 1. The molecule has 3 rings (SSSR count). The molecule has 0 spiro atoms. The van der Waals surface area contributed by atoms with Crippen LogP contribution in [0, 0.1) is 5.92 Å². The van der Waals surface area contributed by atoms with E-state index in [1.807, 2.05) is 4.90 Å². The zero-order valence-corrected chi connectivity index (χ0v) is 13.3. The molecule has 1 atom stereocenters. The van der Waals surface area contributed by atoms with Crippen LogP contribution in [0.1, 0.15) is 16.8 Å². The number of aromatic amines is 1.